The molecule has 0 aliphatic rings. The predicted molar refractivity (Wildman–Crippen MR) is 57.1 cm³/mol. The molecule has 0 aliphatic heterocycles. The van der Waals surface area contributed by atoms with Crippen molar-refractivity contribution in [3.8, 4) is 0 Å². The first-order chi connectivity index (χ1) is 6.38. The molecular weight excluding hydrogens is 199 g/mol. The van der Waals surface area contributed by atoms with Gasteiger partial charge in [0.25, 0.3) is 0 Å². The summed E-state index contributed by atoms with van der Waals surface area (Å²) in [5.41, 5.74) is 2.69. The molecule has 1 rings (SSSR count). The van der Waals surface area contributed by atoms with Gasteiger partial charge in [0.1, 0.15) is 0 Å². The minimum absolute atomic E-state index is 0.422. The quantitative estimate of drug-likeness (QED) is 0.766. The van der Waals surface area contributed by atoms with Gasteiger partial charge in [0.05, 0.1) is 5.30 Å². The van der Waals surface area contributed by atoms with E-state index >= 15 is 0 Å². The molecule has 14 heavy (non-hydrogen) atoms. The van der Waals surface area contributed by atoms with Gasteiger partial charge in [0, 0.05) is 7.11 Å². The van der Waals surface area contributed by atoms with E-state index in [4.69, 9.17) is 0 Å². The average molecular weight is 214 g/mol. The van der Waals surface area contributed by atoms with Crippen LogP contribution in [0.4, 0.5) is 0 Å². The fraction of sp³-hybridized carbons (Fsp3) is 0.400. The molecular formula is C10H15O3P. The smallest absolute Gasteiger partial charge is 0.321 e. The summed E-state index contributed by atoms with van der Waals surface area (Å²) >= 11 is 0. The first-order valence-electron chi connectivity index (χ1n) is 4.35. The fourth-order valence-corrected chi connectivity index (χ4v) is 2.91. The molecule has 0 saturated heterocycles. The zero-order chi connectivity index (χ0) is 10.9. The Morgan fingerprint density at radius 3 is 2.00 bits per heavy atom. The van der Waals surface area contributed by atoms with Crippen LogP contribution in [0.25, 0.3) is 0 Å². The number of hydrogen-bond acceptors (Lipinski definition) is 2. The molecule has 1 atom stereocenters. The molecule has 0 aliphatic carbocycles. The third-order valence-electron chi connectivity index (χ3n) is 2.17. The summed E-state index contributed by atoms with van der Waals surface area (Å²) in [5.74, 6) is 0. The van der Waals surface area contributed by atoms with Crippen molar-refractivity contribution in [3.05, 3.63) is 28.8 Å². The third kappa shape index (κ3) is 2.06. The number of hydrogen-bond donors (Lipinski definition) is 1. The van der Waals surface area contributed by atoms with Crippen molar-refractivity contribution < 1.29 is 14.0 Å². The molecule has 3 nitrogen and oxygen atoms in total. The second-order valence-electron chi connectivity index (χ2n) is 3.45. The summed E-state index contributed by atoms with van der Waals surface area (Å²) in [6.07, 6.45) is 0. The highest BCUT2D eigenvalue weighted by atomic mass is 31.2. The molecule has 1 aromatic rings. The highest BCUT2D eigenvalue weighted by molar-refractivity contribution is 7.61. The molecule has 0 bridgehead atoms. The van der Waals surface area contributed by atoms with Gasteiger partial charge in [-0.2, -0.15) is 0 Å². The largest absolute Gasteiger partial charge is 0.359 e. The van der Waals surface area contributed by atoms with Gasteiger partial charge in [-0.3, -0.25) is 4.57 Å². The first kappa shape index (κ1) is 11.4. The Balaban J connectivity index is 3.43. The van der Waals surface area contributed by atoms with Gasteiger partial charge in [-0.1, -0.05) is 17.7 Å². The normalized spacial score (nSPS) is 15.2. The number of aryl methyl sites for hydroxylation is 3. The monoisotopic (exact) mass is 214 g/mol. The highest BCUT2D eigenvalue weighted by Crippen LogP contribution is 2.41. The van der Waals surface area contributed by atoms with Crippen LogP contribution in [0.5, 0.6) is 0 Å². The highest BCUT2D eigenvalue weighted by Gasteiger charge is 2.25. The second-order valence-corrected chi connectivity index (χ2v) is 5.30. The van der Waals surface area contributed by atoms with E-state index < -0.39 is 7.60 Å². The van der Waals surface area contributed by atoms with Gasteiger partial charge in [-0.05, 0) is 31.9 Å². The van der Waals surface area contributed by atoms with Gasteiger partial charge in [0.15, 0.2) is 0 Å². The minimum atomic E-state index is -3.62. The van der Waals surface area contributed by atoms with Crippen molar-refractivity contribution in [1.82, 2.24) is 0 Å². The number of rotatable bonds is 2. The summed E-state index contributed by atoms with van der Waals surface area (Å²) in [5, 5.41) is 0.422. The summed E-state index contributed by atoms with van der Waals surface area (Å²) < 4.78 is 16.3. The Morgan fingerprint density at radius 1 is 1.21 bits per heavy atom. The van der Waals surface area contributed by atoms with E-state index in [1.165, 1.54) is 7.11 Å². The summed E-state index contributed by atoms with van der Waals surface area (Å²) in [4.78, 5) is 9.58. The molecule has 0 heterocycles. The van der Waals surface area contributed by atoms with Gasteiger partial charge < -0.3 is 9.42 Å². The van der Waals surface area contributed by atoms with Crippen LogP contribution in [-0.4, -0.2) is 12.0 Å². The van der Waals surface area contributed by atoms with E-state index in [2.05, 4.69) is 4.52 Å². The zero-order valence-electron chi connectivity index (χ0n) is 8.87. The van der Waals surface area contributed by atoms with Gasteiger partial charge in [-0.15, -0.1) is 0 Å². The van der Waals surface area contributed by atoms with Crippen LogP contribution in [0.2, 0.25) is 0 Å². The van der Waals surface area contributed by atoms with Crippen molar-refractivity contribution in [2.75, 3.05) is 7.11 Å². The Morgan fingerprint density at radius 2 is 1.64 bits per heavy atom. The molecule has 1 N–H and O–H groups in total. The van der Waals surface area contributed by atoms with E-state index in [9.17, 15) is 9.46 Å². The van der Waals surface area contributed by atoms with Crippen molar-refractivity contribution in [2.24, 2.45) is 0 Å². The maximum absolute atomic E-state index is 11.7. The average Bonchev–Trinajstić information content (AvgIpc) is 2.01. The Hall–Kier alpha value is -0.630. The van der Waals surface area contributed by atoms with Crippen LogP contribution in [0.15, 0.2) is 12.1 Å². The molecule has 4 heteroatoms. The third-order valence-corrected chi connectivity index (χ3v) is 3.93. The van der Waals surface area contributed by atoms with Crippen molar-refractivity contribution in [3.63, 3.8) is 0 Å². The molecule has 0 radical (unpaired) electrons. The van der Waals surface area contributed by atoms with Crippen LogP contribution >= 0.6 is 7.60 Å². The van der Waals surface area contributed by atoms with E-state index in [1.807, 2.05) is 32.9 Å². The van der Waals surface area contributed by atoms with Crippen molar-refractivity contribution >= 4 is 12.9 Å². The van der Waals surface area contributed by atoms with E-state index in [-0.39, 0.29) is 0 Å². The molecule has 0 saturated carbocycles. The SMILES string of the molecule is COP(=O)(O)c1c(C)cc(C)cc1C. The van der Waals surface area contributed by atoms with Gasteiger partial charge >= 0.3 is 7.60 Å². The lowest BCUT2D eigenvalue weighted by Crippen LogP contribution is -2.14. The first-order valence-corrected chi connectivity index (χ1v) is 5.93. The lowest BCUT2D eigenvalue weighted by molar-refractivity contribution is 0.327. The van der Waals surface area contributed by atoms with E-state index in [0.29, 0.717) is 5.30 Å². The molecule has 0 fully saturated rings. The molecule has 78 valence electrons. The summed E-state index contributed by atoms with van der Waals surface area (Å²) in [6.45, 7) is 5.59. The van der Waals surface area contributed by atoms with Gasteiger partial charge in [0.2, 0.25) is 0 Å². The van der Waals surface area contributed by atoms with Gasteiger partial charge in [-0.25, -0.2) is 0 Å². The molecule has 1 unspecified atom stereocenters. The van der Waals surface area contributed by atoms with Crippen LogP contribution < -0.4 is 5.30 Å². The maximum atomic E-state index is 11.7. The zero-order valence-corrected chi connectivity index (χ0v) is 9.76. The second kappa shape index (κ2) is 3.85. The Kier molecular flexibility index (Phi) is 3.15. The lowest BCUT2D eigenvalue weighted by Gasteiger charge is -2.15. The topological polar surface area (TPSA) is 46.5 Å². The summed E-state index contributed by atoms with van der Waals surface area (Å²) in [6, 6.07) is 3.76. The Labute approximate surface area is 84.3 Å². The van der Waals surface area contributed by atoms with Crippen molar-refractivity contribution in [1.29, 1.82) is 0 Å². The van der Waals surface area contributed by atoms with Crippen LogP contribution in [-0.2, 0) is 9.09 Å². The summed E-state index contributed by atoms with van der Waals surface area (Å²) in [7, 11) is -2.37. The molecule has 0 spiro atoms. The molecule has 0 amide bonds. The minimum Gasteiger partial charge on any atom is -0.321 e. The molecule has 1 aromatic carbocycles. The fourth-order valence-electron chi connectivity index (χ4n) is 1.71. The van der Waals surface area contributed by atoms with E-state index in [1.54, 1.807) is 0 Å². The maximum Gasteiger partial charge on any atom is 0.359 e. The Bertz CT molecular complexity index is 375. The van der Waals surface area contributed by atoms with Crippen LogP contribution in [0.3, 0.4) is 0 Å². The number of benzene rings is 1. The van der Waals surface area contributed by atoms with Crippen LogP contribution in [0.1, 0.15) is 16.7 Å². The predicted octanol–water partition coefficient (Wildman–Crippen LogP) is 2.07. The van der Waals surface area contributed by atoms with Crippen LogP contribution in [0, 0.1) is 20.8 Å². The standard InChI is InChI=1S/C10H15O3P/c1-7-5-8(2)10(9(3)6-7)14(11,12)13-4/h5-6H,1-4H3,(H,11,12). The molecule has 0 aromatic heterocycles. The lowest BCUT2D eigenvalue weighted by atomic mass is 10.1. The van der Waals surface area contributed by atoms with Crippen molar-refractivity contribution in [2.45, 2.75) is 20.8 Å². The van der Waals surface area contributed by atoms with E-state index in [0.717, 1.165) is 16.7 Å².